The van der Waals surface area contributed by atoms with Crippen LogP contribution in [0, 0.1) is 5.82 Å². The fourth-order valence-corrected chi connectivity index (χ4v) is 3.41. The summed E-state index contributed by atoms with van der Waals surface area (Å²) in [5.41, 5.74) is 3.57. The number of amides is 1. The SMILES string of the molecule is CCNC(=NCCCC(=O)N1Cc2ccccc2C1)NCCc1ccc(F)cc1. The summed E-state index contributed by atoms with van der Waals surface area (Å²) in [7, 11) is 0. The molecule has 6 heteroatoms. The van der Waals surface area contributed by atoms with Crippen LogP contribution in [0.1, 0.15) is 36.5 Å². The maximum atomic E-state index is 13.0. The van der Waals surface area contributed by atoms with Crippen molar-refractivity contribution < 1.29 is 9.18 Å². The molecule has 1 aliphatic rings. The van der Waals surface area contributed by atoms with E-state index in [0.717, 1.165) is 30.9 Å². The Morgan fingerprint density at radius 3 is 2.41 bits per heavy atom. The van der Waals surface area contributed by atoms with Crippen LogP contribution in [0.5, 0.6) is 0 Å². The molecule has 1 heterocycles. The highest BCUT2D eigenvalue weighted by molar-refractivity contribution is 5.80. The fourth-order valence-electron chi connectivity index (χ4n) is 3.41. The molecule has 29 heavy (non-hydrogen) atoms. The van der Waals surface area contributed by atoms with Crippen LogP contribution < -0.4 is 10.6 Å². The first-order chi connectivity index (χ1) is 14.2. The molecule has 1 amide bonds. The van der Waals surface area contributed by atoms with Crippen molar-refractivity contribution in [3.05, 3.63) is 71.0 Å². The first-order valence-corrected chi connectivity index (χ1v) is 10.3. The minimum Gasteiger partial charge on any atom is -0.357 e. The predicted molar refractivity (Wildman–Crippen MR) is 114 cm³/mol. The van der Waals surface area contributed by atoms with Crippen LogP contribution in [0.2, 0.25) is 0 Å². The molecule has 0 radical (unpaired) electrons. The molecule has 0 aliphatic carbocycles. The van der Waals surface area contributed by atoms with Gasteiger partial charge >= 0.3 is 0 Å². The zero-order valence-corrected chi connectivity index (χ0v) is 17.0. The molecule has 2 N–H and O–H groups in total. The summed E-state index contributed by atoms with van der Waals surface area (Å²) in [6, 6.07) is 14.8. The van der Waals surface area contributed by atoms with Crippen LogP contribution in [-0.4, -0.2) is 36.4 Å². The fraction of sp³-hybridized carbons (Fsp3) is 0.391. The predicted octanol–water partition coefficient (Wildman–Crippen LogP) is 3.25. The second kappa shape index (κ2) is 10.6. The number of hydrogen-bond acceptors (Lipinski definition) is 2. The molecule has 0 atom stereocenters. The smallest absolute Gasteiger partial charge is 0.223 e. The molecule has 0 unspecified atom stereocenters. The lowest BCUT2D eigenvalue weighted by molar-refractivity contribution is -0.131. The number of aliphatic imine (C=N–C) groups is 1. The topological polar surface area (TPSA) is 56.7 Å². The molecule has 1 aliphatic heterocycles. The van der Waals surface area contributed by atoms with Gasteiger partial charge in [-0.15, -0.1) is 0 Å². The van der Waals surface area contributed by atoms with Crippen molar-refractivity contribution in [1.29, 1.82) is 0 Å². The summed E-state index contributed by atoms with van der Waals surface area (Å²) in [4.78, 5) is 18.9. The van der Waals surface area contributed by atoms with Gasteiger partial charge in [0.25, 0.3) is 0 Å². The van der Waals surface area contributed by atoms with Gasteiger partial charge in [-0.05, 0) is 48.6 Å². The lowest BCUT2D eigenvalue weighted by Gasteiger charge is -2.15. The normalized spacial score (nSPS) is 13.3. The number of nitrogens with zero attached hydrogens (tertiary/aromatic N) is 2. The van der Waals surface area contributed by atoms with Crippen molar-refractivity contribution in [1.82, 2.24) is 15.5 Å². The van der Waals surface area contributed by atoms with Gasteiger partial charge in [-0.2, -0.15) is 0 Å². The van der Waals surface area contributed by atoms with E-state index in [0.29, 0.717) is 32.6 Å². The second-order valence-corrected chi connectivity index (χ2v) is 7.19. The van der Waals surface area contributed by atoms with Gasteiger partial charge in [0.15, 0.2) is 5.96 Å². The number of rotatable bonds is 8. The maximum absolute atomic E-state index is 13.0. The number of guanidine groups is 1. The van der Waals surface area contributed by atoms with Gasteiger partial charge in [-0.25, -0.2) is 4.39 Å². The third kappa shape index (κ3) is 6.31. The summed E-state index contributed by atoms with van der Waals surface area (Å²) in [5.74, 6) is 0.713. The Kier molecular flexibility index (Phi) is 7.61. The van der Waals surface area contributed by atoms with Crippen LogP contribution in [0.4, 0.5) is 4.39 Å². The molecule has 5 nitrogen and oxygen atoms in total. The quantitative estimate of drug-likeness (QED) is 0.409. The lowest BCUT2D eigenvalue weighted by atomic mass is 10.1. The Hall–Kier alpha value is -2.89. The Morgan fingerprint density at radius 1 is 1.07 bits per heavy atom. The summed E-state index contributed by atoms with van der Waals surface area (Å²) in [5, 5.41) is 6.51. The third-order valence-electron chi connectivity index (χ3n) is 4.98. The van der Waals surface area contributed by atoms with Gasteiger partial charge in [0, 0.05) is 39.1 Å². The van der Waals surface area contributed by atoms with Gasteiger partial charge in [0.1, 0.15) is 5.82 Å². The van der Waals surface area contributed by atoms with Gasteiger partial charge in [-0.3, -0.25) is 9.79 Å². The number of hydrogen-bond donors (Lipinski definition) is 2. The van der Waals surface area contributed by atoms with Crippen molar-refractivity contribution in [2.24, 2.45) is 4.99 Å². The van der Waals surface area contributed by atoms with E-state index in [2.05, 4.69) is 27.8 Å². The molecule has 3 rings (SSSR count). The highest BCUT2D eigenvalue weighted by atomic mass is 19.1. The molecule has 0 bridgehead atoms. The highest BCUT2D eigenvalue weighted by Gasteiger charge is 2.22. The molecule has 154 valence electrons. The van der Waals surface area contributed by atoms with Crippen molar-refractivity contribution in [2.45, 2.75) is 39.3 Å². The molecule has 0 fully saturated rings. The summed E-state index contributed by atoms with van der Waals surface area (Å²) in [6.45, 7) is 5.53. The number of nitrogens with one attached hydrogen (secondary N) is 2. The largest absolute Gasteiger partial charge is 0.357 e. The molecule has 0 saturated carbocycles. The van der Waals surface area contributed by atoms with Crippen molar-refractivity contribution in [3.63, 3.8) is 0 Å². The van der Waals surface area contributed by atoms with Gasteiger partial charge in [0.05, 0.1) is 0 Å². The monoisotopic (exact) mass is 396 g/mol. The first-order valence-electron chi connectivity index (χ1n) is 10.3. The van der Waals surface area contributed by atoms with Crippen molar-refractivity contribution >= 4 is 11.9 Å². The first kappa shape index (κ1) is 20.8. The van der Waals surface area contributed by atoms with Crippen molar-refractivity contribution in [2.75, 3.05) is 19.6 Å². The molecular formula is C23H29FN4O. The molecule has 2 aromatic rings. The molecule has 0 aromatic heterocycles. The minimum absolute atomic E-state index is 0.186. The van der Waals surface area contributed by atoms with Crippen LogP contribution in [0.15, 0.2) is 53.5 Å². The zero-order valence-electron chi connectivity index (χ0n) is 17.0. The van der Waals surface area contributed by atoms with E-state index < -0.39 is 0 Å². The van der Waals surface area contributed by atoms with E-state index in [1.54, 1.807) is 12.1 Å². The summed E-state index contributed by atoms with van der Waals surface area (Å²) in [6.07, 6.45) is 2.02. The minimum atomic E-state index is -0.219. The highest BCUT2D eigenvalue weighted by Crippen LogP contribution is 2.22. The maximum Gasteiger partial charge on any atom is 0.223 e. The van der Waals surface area contributed by atoms with Gasteiger partial charge < -0.3 is 15.5 Å². The molecule has 2 aromatic carbocycles. The Balaban J connectivity index is 1.38. The average molecular weight is 397 g/mol. The average Bonchev–Trinajstić information content (AvgIpc) is 3.17. The second-order valence-electron chi connectivity index (χ2n) is 7.19. The Labute approximate surface area is 172 Å². The number of carbonyl (C=O) groups excluding carboxylic acids is 1. The van der Waals surface area contributed by atoms with Crippen LogP contribution in [0.25, 0.3) is 0 Å². The number of fused-ring (bicyclic) bond motifs is 1. The van der Waals surface area contributed by atoms with Gasteiger partial charge in [-0.1, -0.05) is 36.4 Å². The summed E-state index contributed by atoms with van der Waals surface area (Å²) >= 11 is 0. The van der Waals surface area contributed by atoms with Gasteiger partial charge in [0.2, 0.25) is 5.91 Å². The van der Waals surface area contributed by atoms with Crippen LogP contribution in [0.3, 0.4) is 0 Å². The van der Waals surface area contributed by atoms with E-state index in [1.165, 1.54) is 23.3 Å². The van der Waals surface area contributed by atoms with Crippen LogP contribution in [-0.2, 0) is 24.3 Å². The Bertz CT molecular complexity index is 810. The standard InChI is InChI=1S/C23H29FN4O/c1-2-25-23(27-15-13-18-9-11-21(24)12-10-18)26-14-5-8-22(29)28-16-19-6-3-4-7-20(19)17-28/h3-4,6-7,9-12H,2,5,8,13-17H2,1H3,(H2,25,26,27). The lowest BCUT2D eigenvalue weighted by Crippen LogP contribution is -2.38. The molecule has 0 spiro atoms. The Morgan fingerprint density at radius 2 is 1.76 bits per heavy atom. The number of benzene rings is 2. The van der Waals surface area contributed by atoms with E-state index in [1.807, 2.05) is 24.0 Å². The van der Waals surface area contributed by atoms with E-state index in [4.69, 9.17) is 0 Å². The third-order valence-corrected chi connectivity index (χ3v) is 4.98. The van der Waals surface area contributed by atoms with Crippen LogP contribution >= 0.6 is 0 Å². The summed E-state index contributed by atoms with van der Waals surface area (Å²) < 4.78 is 13.0. The molecule has 0 saturated heterocycles. The number of halogens is 1. The zero-order chi connectivity index (χ0) is 20.5. The van der Waals surface area contributed by atoms with E-state index in [-0.39, 0.29) is 11.7 Å². The molecular weight excluding hydrogens is 367 g/mol. The van der Waals surface area contributed by atoms with E-state index >= 15 is 0 Å². The van der Waals surface area contributed by atoms with E-state index in [9.17, 15) is 9.18 Å². The van der Waals surface area contributed by atoms with Crippen molar-refractivity contribution in [3.8, 4) is 0 Å². The number of carbonyl (C=O) groups is 1.